The van der Waals surface area contributed by atoms with Crippen molar-refractivity contribution in [3.8, 4) is 11.5 Å². The molecule has 6 N–H and O–H groups in total. The first-order chi connectivity index (χ1) is 15.3. The van der Waals surface area contributed by atoms with Crippen molar-refractivity contribution in [3.63, 3.8) is 0 Å². The molecule has 0 bridgehead atoms. The van der Waals surface area contributed by atoms with Gasteiger partial charge in [-0.15, -0.1) is 10.8 Å². The average molecular weight is 457 g/mol. The lowest BCUT2D eigenvalue weighted by Gasteiger charge is -2.38. The minimum atomic E-state index is -3.00. The Labute approximate surface area is 184 Å². The van der Waals surface area contributed by atoms with E-state index in [-0.39, 0.29) is 41.3 Å². The number of fused-ring (bicyclic) bond motifs is 1. The molecule has 4 heterocycles. The van der Waals surface area contributed by atoms with Gasteiger partial charge in [0.05, 0.1) is 17.7 Å². The van der Waals surface area contributed by atoms with E-state index in [1.54, 1.807) is 35.1 Å². The Morgan fingerprint density at radius 2 is 1.81 bits per heavy atom. The highest BCUT2D eigenvalue weighted by Crippen LogP contribution is 2.53. The summed E-state index contributed by atoms with van der Waals surface area (Å²) in [4.78, 5) is 13.1. The number of nitrogens with two attached hydrogens (primary N) is 2. The Bertz CT molecular complexity index is 1310. The third-order valence-electron chi connectivity index (χ3n) is 5.32. The van der Waals surface area contributed by atoms with Gasteiger partial charge in [-0.2, -0.15) is 5.10 Å². The number of nitrogen functional groups attached to an aromatic ring is 2. The predicted molar refractivity (Wildman–Crippen MR) is 123 cm³/mol. The molecule has 1 aliphatic heterocycles. The second-order valence-corrected chi connectivity index (χ2v) is 9.54. The highest BCUT2D eigenvalue weighted by Gasteiger charge is 2.33. The van der Waals surface area contributed by atoms with Gasteiger partial charge in [0.2, 0.25) is 0 Å². The SMILES string of the molecule is Nc1nc(-c2nn(Cc3ccccc3F)c3ncccc23)nc(N)c1N1CCCS1(O)O. The van der Waals surface area contributed by atoms with Gasteiger partial charge in [0.25, 0.3) is 0 Å². The lowest BCUT2D eigenvalue weighted by Crippen LogP contribution is -2.25. The average Bonchev–Trinajstić information content (AvgIpc) is 3.29. The van der Waals surface area contributed by atoms with Crippen molar-refractivity contribution in [2.75, 3.05) is 28.1 Å². The van der Waals surface area contributed by atoms with Gasteiger partial charge in [0.15, 0.2) is 23.1 Å². The van der Waals surface area contributed by atoms with Crippen molar-refractivity contribution >= 4 is 39.1 Å². The molecule has 4 aromatic rings. The Morgan fingerprint density at radius 3 is 2.50 bits per heavy atom. The van der Waals surface area contributed by atoms with Crippen LogP contribution in [0.2, 0.25) is 0 Å². The van der Waals surface area contributed by atoms with Crippen LogP contribution in [0.25, 0.3) is 22.6 Å². The van der Waals surface area contributed by atoms with Crippen molar-refractivity contribution in [2.45, 2.75) is 13.0 Å². The lowest BCUT2D eigenvalue weighted by molar-refractivity contribution is 0.491. The summed E-state index contributed by atoms with van der Waals surface area (Å²) < 4.78 is 37.7. The highest BCUT2D eigenvalue weighted by molar-refractivity contribution is 8.25. The summed E-state index contributed by atoms with van der Waals surface area (Å²) in [6.07, 6.45) is 2.22. The number of aromatic nitrogens is 5. The predicted octanol–water partition coefficient (Wildman–Crippen LogP) is 3.12. The molecule has 1 saturated heterocycles. The van der Waals surface area contributed by atoms with Gasteiger partial charge < -0.3 is 11.5 Å². The maximum absolute atomic E-state index is 14.2. The summed E-state index contributed by atoms with van der Waals surface area (Å²) in [6.45, 7) is 0.557. The topological polar surface area (TPSA) is 152 Å². The molecule has 10 nitrogen and oxygen atoms in total. The number of rotatable bonds is 4. The number of halogens is 1. The quantitative estimate of drug-likeness (QED) is 0.363. The van der Waals surface area contributed by atoms with E-state index in [1.807, 2.05) is 6.07 Å². The van der Waals surface area contributed by atoms with Crippen LogP contribution in [-0.2, 0) is 6.54 Å². The largest absolute Gasteiger partial charge is 0.382 e. The van der Waals surface area contributed by atoms with Crippen LogP contribution in [0.3, 0.4) is 0 Å². The Kier molecular flexibility index (Phi) is 4.84. The molecule has 3 aromatic heterocycles. The van der Waals surface area contributed by atoms with Crippen LogP contribution >= 0.6 is 10.8 Å². The number of pyridine rings is 1. The number of anilines is 3. The second-order valence-electron chi connectivity index (χ2n) is 7.43. The van der Waals surface area contributed by atoms with Crippen LogP contribution in [0.4, 0.5) is 21.7 Å². The zero-order valence-corrected chi connectivity index (χ0v) is 17.7. The number of benzene rings is 1. The number of hydrogen-bond acceptors (Lipinski definition) is 9. The van der Waals surface area contributed by atoms with Gasteiger partial charge in [-0.3, -0.25) is 13.4 Å². The van der Waals surface area contributed by atoms with E-state index in [4.69, 9.17) is 11.5 Å². The summed E-state index contributed by atoms with van der Waals surface area (Å²) in [5.41, 5.74) is 13.9. The first kappa shape index (κ1) is 20.4. The first-order valence-corrected chi connectivity index (χ1v) is 11.5. The number of nitrogens with zero attached hydrogens (tertiary/aromatic N) is 6. The van der Waals surface area contributed by atoms with Crippen molar-refractivity contribution in [1.29, 1.82) is 0 Å². The van der Waals surface area contributed by atoms with Crippen LogP contribution in [0.1, 0.15) is 12.0 Å². The minimum absolute atomic E-state index is 0.0232. The van der Waals surface area contributed by atoms with Crippen LogP contribution in [0, 0.1) is 5.82 Å². The van der Waals surface area contributed by atoms with E-state index >= 15 is 0 Å². The van der Waals surface area contributed by atoms with E-state index in [0.717, 1.165) is 0 Å². The van der Waals surface area contributed by atoms with Gasteiger partial charge in [0, 0.05) is 18.3 Å². The minimum Gasteiger partial charge on any atom is -0.382 e. The normalized spacial score (nSPS) is 16.5. The summed E-state index contributed by atoms with van der Waals surface area (Å²) in [6, 6.07) is 10.0. The molecule has 0 unspecified atom stereocenters. The molecule has 0 amide bonds. The molecular formula is C20H21FN8O2S. The Morgan fingerprint density at radius 1 is 1.06 bits per heavy atom. The molecule has 0 aliphatic carbocycles. The van der Waals surface area contributed by atoms with Gasteiger partial charge in [-0.1, -0.05) is 18.2 Å². The van der Waals surface area contributed by atoms with Gasteiger partial charge in [0.1, 0.15) is 17.2 Å². The van der Waals surface area contributed by atoms with Crippen molar-refractivity contribution in [1.82, 2.24) is 24.7 Å². The summed E-state index contributed by atoms with van der Waals surface area (Å²) >= 11 is 0. The van der Waals surface area contributed by atoms with Crippen molar-refractivity contribution in [2.24, 2.45) is 0 Å². The first-order valence-electron chi connectivity index (χ1n) is 9.87. The molecule has 166 valence electrons. The highest BCUT2D eigenvalue weighted by atomic mass is 32.3. The molecule has 1 aromatic carbocycles. The molecule has 0 saturated carbocycles. The molecule has 1 fully saturated rings. The smallest absolute Gasteiger partial charge is 0.184 e. The molecule has 12 heteroatoms. The zero-order valence-electron chi connectivity index (χ0n) is 16.9. The molecule has 0 spiro atoms. The fourth-order valence-corrected chi connectivity index (χ4v) is 5.48. The van der Waals surface area contributed by atoms with Crippen molar-refractivity contribution in [3.05, 3.63) is 54.0 Å². The lowest BCUT2D eigenvalue weighted by atomic mass is 10.2. The van der Waals surface area contributed by atoms with Crippen LogP contribution in [0.5, 0.6) is 0 Å². The molecule has 32 heavy (non-hydrogen) atoms. The van der Waals surface area contributed by atoms with Crippen LogP contribution in [0.15, 0.2) is 42.6 Å². The molecule has 0 radical (unpaired) electrons. The zero-order chi connectivity index (χ0) is 22.5. The second kappa shape index (κ2) is 7.58. The third-order valence-corrected chi connectivity index (χ3v) is 7.22. The standard InChI is InChI=1S/C20H21FN8O2S/c21-14-7-2-1-5-12(14)11-28-20-13(6-3-8-24-20)15(27-28)19-25-17(22)16(18(23)26-19)29-9-4-10-32(29,30)31/h1-3,5-8,30-31H,4,9-11H2,(H4,22,23,25,26). The summed E-state index contributed by atoms with van der Waals surface area (Å²) in [7, 11) is -3.00. The fourth-order valence-electron chi connectivity index (χ4n) is 3.84. The number of hydrogen-bond donors (Lipinski definition) is 4. The van der Waals surface area contributed by atoms with E-state index in [1.165, 1.54) is 10.4 Å². The van der Waals surface area contributed by atoms with Gasteiger partial charge in [-0.25, -0.2) is 24.0 Å². The van der Waals surface area contributed by atoms with Gasteiger partial charge in [-0.05, 0) is 24.6 Å². The van der Waals surface area contributed by atoms with E-state index in [0.29, 0.717) is 35.3 Å². The Balaban J connectivity index is 1.60. The monoisotopic (exact) mass is 456 g/mol. The van der Waals surface area contributed by atoms with Crippen LogP contribution in [-0.4, -0.2) is 46.1 Å². The van der Waals surface area contributed by atoms with E-state index < -0.39 is 10.8 Å². The van der Waals surface area contributed by atoms with E-state index in [2.05, 4.69) is 20.1 Å². The molecule has 0 atom stereocenters. The van der Waals surface area contributed by atoms with Gasteiger partial charge >= 0.3 is 0 Å². The molecule has 5 rings (SSSR count). The maximum Gasteiger partial charge on any atom is 0.184 e. The third kappa shape index (κ3) is 3.38. The summed E-state index contributed by atoms with van der Waals surface area (Å²) in [5, 5.41) is 5.23. The van der Waals surface area contributed by atoms with Crippen molar-refractivity contribution < 1.29 is 13.5 Å². The molecule has 1 aliphatic rings. The fraction of sp³-hybridized carbons (Fsp3) is 0.200. The maximum atomic E-state index is 14.2. The Hall–Kier alpha value is -3.48. The van der Waals surface area contributed by atoms with Crippen LogP contribution < -0.4 is 15.8 Å². The summed E-state index contributed by atoms with van der Waals surface area (Å²) in [5.74, 6) is 0.117. The molecular weight excluding hydrogens is 435 g/mol. The van der Waals surface area contributed by atoms with E-state index in [9.17, 15) is 13.5 Å².